The minimum atomic E-state index is -4.63. The van der Waals surface area contributed by atoms with E-state index in [9.17, 15) is 18.0 Å². The number of carbonyl (C=O) groups excluding carboxylic acids is 1. The van der Waals surface area contributed by atoms with Crippen molar-refractivity contribution in [3.63, 3.8) is 0 Å². The molecule has 3 aromatic rings. The van der Waals surface area contributed by atoms with E-state index in [4.69, 9.17) is 9.47 Å². The topological polar surface area (TPSA) is 98.3 Å². The molecule has 0 spiro atoms. The van der Waals surface area contributed by atoms with Crippen molar-refractivity contribution in [2.24, 2.45) is 0 Å². The number of thiazole rings is 1. The number of hydrogen-bond acceptors (Lipinski definition) is 8. The third kappa shape index (κ3) is 6.77. The highest BCUT2D eigenvalue weighted by Crippen LogP contribution is 2.30. The number of nitrogens with one attached hydrogen (secondary N) is 2. The molecule has 8 nitrogen and oxygen atoms in total. The van der Waals surface area contributed by atoms with Gasteiger partial charge in [-0.1, -0.05) is 0 Å². The number of halogens is 3. The van der Waals surface area contributed by atoms with Crippen LogP contribution >= 0.6 is 11.3 Å². The van der Waals surface area contributed by atoms with Crippen molar-refractivity contribution in [2.45, 2.75) is 38.6 Å². The Bertz CT molecular complexity index is 1180. The van der Waals surface area contributed by atoms with E-state index in [1.807, 2.05) is 13.0 Å². The smallest absolute Gasteiger partial charge is 0.451 e. The molecule has 1 fully saturated rings. The van der Waals surface area contributed by atoms with E-state index in [0.717, 1.165) is 40.9 Å². The fraction of sp³-hybridized carbons (Fsp3) is 0.417. The molecule has 0 aliphatic carbocycles. The summed E-state index contributed by atoms with van der Waals surface area (Å²) in [4.78, 5) is 25.3. The van der Waals surface area contributed by atoms with E-state index in [1.165, 1.54) is 11.3 Å². The number of aryl methyl sites for hydroxylation is 1. The Morgan fingerprint density at radius 2 is 2.03 bits per heavy atom. The minimum absolute atomic E-state index is 0.0677. The SMILES string of the molecule is Cc1cnc(-c2cc(OCCC3CNCCO3)cc(C(=O)N[C@H](C)c3cnc(C(F)(F)F)nc3)c2)s1. The Kier molecular flexibility index (Phi) is 8.17. The standard InChI is InChI=1S/C24H26F3N5O3S/c1-14-10-29-22(36-14)17-7-16(8-20(9-17)34-5-3-19-13-28-4-6-35-19)21(33)32-15(2)18-11-30-23(31-12-18)24(25,26)27/h7-12,15,19,28H,3-6,13H2,1-2H3,(H,32,33)/t15-,19?/m1/s1. The summed E-state index contributed by atoms with van der Waals surface area (Å²) in [5, 5.41) is 6.81. The lowest BCUT2D eigenvalue weighted by Gasteiger charge is -2.23. The molecule has 0 saturated carbocycles. The lowest BCUT2D eigenvalue weighted by molar-refractivity contribution is -0.145. The van der Waals surface area contributed by atoms with Crippen molar-refractivity contribution in [1.29, 1.82) is 0 Å². The second-order valence-electron chi connectivity index (χ2n) is 8.39. The summed E-state index contributed by atoms with van der Waals surface area (Å²) in [6.07, 6.45) is 0.0138. The van der Waals surface area contributed by atoms with Crippen LogP contribution in [0.25, 0.3) is 10.6 Å². The van der Waals surface area contributed by atoms with Crippen molar-refractivity contribution in [3.05, 3.63) is 58.6 Å². The van der Waals surface area contributed by atoms with Gasteiger partial charge in [-0.05, 0) is 32.0 Å². The summed E-state index contributed by atoms with van der Waals surface area (Å²) in [7, 11) is 0. The zero-order valence-corrected chi connectivity index (χ0v) is 20.6. The number of aromatic nitrogens is 3. The molecule has 4 rings (SSSR count). The zero-order valence-electron chi connectivity index (χ0n) is 19.8. The molecule has 0 radical (unpaired) electrons. The van der Waals surface area contributed by atoms with Gasteiger partial charge in [-0.3, -0.25) is 4.79 Å². The van der Waals surface area contributed by atoms with Gasteiger partial charge in [0, 0.05) is 59.7 Å². The van der Waals surface area contributed by atoms with Gasteiger partial charge < -0.3 is 20.1 Å². The normalized spacial score (nSPS) is 17.0. The van der Waals surface area contributed by atoms with Gasteiger partial charge in [0.05, 0.1) is 25.4 Å². The van der Waals surface area contributed by atoms with Crippen LogP contribution in [0.2, 0.25) is 0 Å². The number of nitrogens with zero attached hydrogens (tertiary/aromatic N) is 3. The van der Waals surface area contributed by atoms with E-state index in [1.54, 1.807) is 25.3 Å². The van der Waals surface area contributed by atoms with E-state index < -0.39 is 23.9 Å². The molecule has 192 valence electrons. The number of rotatable bonds is 8. The summed E-state index contributed by atoms with van der Waals surface area (Å²) in [6, 6.07) is 4.56. The molecule has 2 N–H and O–H groups in total. The average Bonchev–Trinajstić information content (AvgIpc) is 3.30. The number of amides is 1. The maximum Gasteiger partial charge on any atom is 0.451 e. The third-order valence-electron chi connectivity index (χ3n) is 5.52. The monoisotopic (exact) mass is 521 g/mol. The van der Waals surface area contributed by atoms with Crippen LogP contribution in [0.15, 0.2) is 36.8 Å². The van der Waals surface area contributed by atoms with Crippen molar-refractivity contribution in [1.82, 2.24) is 25.6 Å². The Morgan fingerprint density at radius 3 is 2.67 bits per heavy atom. The first kappa shape index (κ1) is 26.0. The molecular weight excluding hydrogens is 495 g/mol. The first-order valence-corrected chi connectivity index (χ1v) is 12.2. The van der Waals surface area contributed by atoms with Gasteiger partial charge >= 0.3 is 6.18 Å². The molecule has 1 saturated heterocycles. The maximum atomic E-state index is 13.1. The van der Waals surface area contributed by atoms with E-state index in [2.05, 4.69) is 25.6 Å². The van der Waals surface area contributed by atoms with Crippen molar-refractivity contribution in [3.8, 4) is 16.3 Å². The third-order valence-corrected chi connectivity index (χ3v) is 6.48. The fourth-order valence-electron chi connectivity index (χ4n) is 3.61. The summed E-state index contributed by atoms with van der Waals surface area (Å²) in [5.74, 6) is -1.13. The average molecular weight is 522 g/mol. The van der Waals surface area contributed by atoms with E-state index in [-0.39, 0.29) is 6.10 Å². The summed E-state index contributed by atoms with van der Waals surface area (Å²) >= 11 is 1.50. The van der Waals surface area contributed by atoms with Gasteiger partial charge in [-0.15, -0.1) is 11.3 Å². The van der Waals surface area contributed by atoms with Gasteiger partial charge in [0.1, 0.15) is 10.8 Å². The van der Waals surface area contributed by atoms with Crippen molar-refractivity contribution in [2.75, 3.05) is 26.3 Å². The number of morpholine rings is 1. The lowest BCUT2D eigenvalue weighted by atomic mass is 10.1. The predicted octanol–water partition coefficient (Wildman–Crippen LogP) is 4.18. The Labute approximate surface area is 210 Å². The molecule has 0 bridgehead atoms. The van der Waals surface area contributed by atoms with Gasteiger partial charge in [0.2, 0.25) is 5.82 Å². The van der Waals surface area contributed by atoms with E-state index >= 15 is 0 Å². The lowest BCUT2D eigenvalue weighted by Crippen LogP contribution is -2.39. The second-order valence-corrected chi connectivity index (χ2v) is 9.62. The fourth-order valence-corrected chi connectivity index (χ4v) is 4.36. The molecule has 12 heteroatoms. The first-order valence-electron chi connectivity index (χ1n) is 11.4. The number of hydrogen-bond donors (Lipinski definition) is 2. The molecule has 2 atom stereocenters. The van der Waals surface area contributed by atoms with Crippen molar-refractivity contribution >= 4 is 17.2 Å². The van der Waals surface area contributed by atoms with Gasteiger partial charge in [0.25, 0.3) is 5.91 Å². The molecule has 1 aliphatic rings. The van der Waals surface area contributed by atoms with Gasteiger partial charge in [-0.2, -0.15) is 13.2 Å². The highest BCUT2D eigenvalue weighted by molar-refractivity contribution is 7.14. The Hall–Kier alpha value is -3.09. The molecule has 3 heterocycles. The highest BCUT2D eigenvalue weighted by Gasteiger charge is 2.34. The van der Waals surface area contributed by atoms with Crippen LogP contribution in [0, 0.1) is 6.92 Å². The predicted molar refractivity (Wildman–Crippen MR) is 128 cm³/mol. The van der Waals surface area contributed by atoms with Crippen LogP contribution in [0.4, 0.5) is 13.2 Å². The van der Waals surface area contributed by atoms with Crippen molar-refractivity contribution < 1.29 is 27.4 Å². The number of benzene rings is 1. The zero-order chi connectivity index (χ0) is 25.7. The van der Waals surface area contributed by atoms with Crippen LogP contribution in [-0.2, 0) is 10.9 Å². The molecule has 1 amide bonds. The van der Waals surface area contributed by atoms with Gasteiger partial charge in [-0.25, -0.2) is 15.0 Å². The highest BCUT2D eigenvalue weighted by atomic mass is 32.1. The van der Waals surface area contributed by atoms with Crippen LogP contribution in [0.1, 0.15) is 46.0 Å². The molecule has 36 heavy (non-hydrogen) atoms. The molecule has 1 aromatic carbocycles. The summed E-state index contributed by atoms with van der Waals surface area (Å²) in [6.45, 7) is 6.26. The molecular formula is C24H26F3N5O3S. The maximum absolute atomic E-state index is 13.1. The van der Waals surface area contributed by atoms with Crippen LogP contribution in [0.3, 0.4) is 0 Å². The summed E-state index contributed by atoms with van der Waals surface area (Å²) in [5.41, 5.74) is 1.42. The van der Waals surface area contributed by atoms with Crippen LogP contribution < -0.4 is 15.4 Å². The molecule has 1 unspecified atom stereocenters. The Morgan fingerprint density at radius 1 is 1.25 bits per heavy atom. The minimum Gasteiger partial charge on any atom is -0.493 e. The quantitative estimate of drug-likeness (QED) is 0.459. The first-order chi connectivity index (χ1) is 17.2. The van der Waals surface area contributed by atoms with E-state index in [0.29, 0.717) is 36.5 Å². The number of alkyl halides is 3. The summed E-state index contributed by atoms with van der Waals surface area (Å²) < 4.78 is 49.9. The van der Waals surface area contributed by atoms with Crippen LogP contribution in [-0.4, -0.2) is 53.3 Å². The molecule has 2 aromatic heterocycles. The second kappa shape index (κ2) is 11.3. The van der Waals surface area contributed by atoms with Gasteiger partial charge in [0.15, 0.2) is 0 Å². The number of ether oxygens (including phenoxy) is 2. The Balaban J connectivity index is 1.49. The van der Waals surface area contributed by atoms with Crippen LogP contribution in [0.5, 0.6) is 5.75 Å². The number of carbonyl (C=O) groups is 1. The molecule has 1 aliphatic heterocycles. The largest absolute Gasteiger partial charge is 0.493 e.